The third-order valence-corrected chi connectivity index (χ3v) is 12.0. The fraction of sp³-hybridized carbons (Fsp3) is 0.852. The number of unbranched alkanes of at least 4 members (excludes halogenated alkanes) is 31. The molecule has 0 aliphatic heterocycles. The van der Waals surface area contributed by atoms with Crippen molar-refractivity contribution in [2.24, 2.45) is 0 Å². The summed E-state index contributed by atoms with van der Waals surface area (Å²) in [5, 5.41) is 23.8. The highest BCUT2D eigenvalue weighted by molar-refractivity contribution is 5.77. The lowest BCUT2D eigenvalue weighted by atomic mass is 10.0. The monoisotopic (exact) mass is 844 g/mol. The SMILES string of the molecule is CC/C=C/C=C/C=C\CCCCCC(CC(=O)NC(CO)C(O)CCCCCCCCCCCCCCCCCC)OC(=O)CCCCCCCCCCCCCCCC. The topological polar surface area (TPSA) is 95.9 Å². The Kier molecular flexibility index (Phi) is 46.6. The van der Waals surface area contributed by atoms with Gasteiger partial charge in [0.05, 0.1) is 25.2 Å². The second-order valence-corrected chi connectivity index (χ2v) is 18.0. The van der Waals surface area contributed by atoms with Gasteiger partial charge in [0.2, 0.25) is 5.91 Å². The molecule has 352 valence electrons. The number of aliphatic hydroxyl groups is 2. The van der Waals surface area contributed by atoms with Crippen LogP contribution in [0, 0.1) is 0 Å². The molecule has 0 aromatic heterocycles. The molecular weight excluding hydrogens is 743 g/mol. The molecule has 0 aromatic rings. The molecule has 0 saturated carbocycles. The lowest BCUT2D eigenvalue weighted by Crippen LogP contribution is -2.46. The first-order valence-corrected chi connectivity index (χ1v) is 26.2. The van der Waals surface area contributed by atoms with Crippen LogP contribution in [0.25, 0.3) is 0 Å². The maximum atomic E-state index is 13.2. The normalized spacial score (nSPS) is 13.5. The van der Waals surface area contributed by atoms with E-state index in [4.69, 9.17) is 4.74 Å². The molecule has 0 radical (unpaired) electrons. The van der Waals surface area contributed by atoms with Crippen molar-refractivity contribution >= 4 is 11.9 Å². The van der Waals surface area contributed by atoms with Crippen molar-refractivity contribution < 1.29 is 24.5 Å². The Morgan fingerprint density at radius 2 is 0.900 bits per heavy atom. The smallest absolute Gasteiger partial charge is 0.306 e. The molecule has 0 fully saturated rings. The maximum Gasteiger partial charge on any atom is 0.306 e. The van der Waals surface area contributed by atoms with E-state index in [1.165, 1.54) is 154 Å². The van der Waals surface area contributed by atoms with Gasteiger partial charge in [-0.2, -0.15) is 0 Å². The molecule has 1 amide bonds. The van der Waals surface area contributed by atoms with Gasteiger partial charge in [0.15, 0.2) is 0 Å². The maximum absolute atomic E-state index is 13.2. The summed E-state index contributed by atoms with van der Waals surface area (Å²) >= 11 is 0. The molecule has 0 bridgehead atoms. The van der Waals surface area contributed by atoms with Crippen molar-refractivity contribution in [3.05, 3.63) is 36.5 Å². The Morgan fingerprint density at radius 3 is 1.35 bits per heavy atom. The Labute approximate surface area is 373 Å². The van der Waals surface area contributed by atoms with Crippen LogP contribution in [0.1, 0.15) is 271 Å². The van der Waals surface area contributed by atoms with Crippen molar-refractivity contribution in [2.75, 3.05) is 6.61 Å². The lowest BCUT2D eigenvalue weighted by Gasteiger charge is -2.24. The highest BCUT2D eigenvalue weighted by Gasteiger charge is 2.24. The highest BCUT2D eigenvalue weighted by Crippen LogP contribution is 2.18. The number of carbonyl (C=O) groups is 2. The molecule has 0 heterocycles. The van der Waals surface area contributed by atoms with E-state index in [1.54, 1.807) is 0 Å². The van der Waals surface area contributed by atoms with Crippen LogP contribution in [0.3, 0.4) is 0 Å². The van der Waals surface area contributed by atoms with Gasteiger partial charge in [0.25, 0.3) is 0 Å². The summed E-state index contributed by atoms with van der Waals surface area (Å²) in [7, 11) is 0. The number of aliphatic hydroxyl groups excluding tert-OH is 2. The summed E-state index contributed by atoms with van der Waals surface area (Å²) in [5.74, 6) is -0.498. The van der Waals surface area contributed by atoms with Gasteiger partial charge in [-0.05, 0) is 44.9 Å². The number of nitrogens with one attached hydrogen (secondary N) is 1. The minimum Gasteiger partial charge on any atom is -0.462 e. The standard InChI is InChI=1S/C54H101NO5/c1-4-7-10-13-16-19-22-24-26-27-28-31-34-37-40-43-46-52(57)51(49-56)55-53(58)48-50(45-42-39-36-33-30-21-18-15-12-9-6-3)60-54(59)47-44-41-38-35-32-29-25-23-20-17-14-11-8-5-2/h9,12,15,18,21,30,50-52,56-57H,4-8,10-11,13-14,16-17,19-20,22-29,31-49H2,1-3H3,(H,55,58)/b12-9+,18-15+,30-21-. The van der Waals surface area contributed by atoms with Crippen LogP contribution in [0.2, 0.25) is 0 Å². The molecule has 60 heavy (non-hydrogen) atoms. The number of hydrogen-bond donors (Lipinski definition) is 3. The molecular formula is C54H101NO5. The number of ether oxygens (including phenoxy) is 1. The summed E-state index contributed by atoms with van der Waals surface area (Å²) in [4.78, 5) is 26.1. The second kappa shape index (κ2) is 48.1. The van der Waals surface area contributed by atoms with Crippen LogP contribution in [-0.2, 0) is 14.3 Å². The zero-order chi connectivity index (χ0) is 43.8. The van der Waals surface area contributed by atoms with Crippen molar-refractivity contribution in [1.29, 1.82) is 0 Å². The van der Waals surface area contributed by atoms with Gasteiger partial charge in [-0.1, -0.05) is 250 Å². The van der Waals surface area contributed by atoms with E-state index in [1.807, 2.05) is 6.08 Å². The number of carbonyl (C=O) groups excluding carboxylic acids is 2. The van der Waals surface area contributed by atoms with Crippen LogP contribution in [-0.4, -0.2) is 46.9 Å². The molecule has 0 aliphatic carbocycles. The van der Waals surface area contributed by atoms with Crippen LogP contribution in [0.15, 0.2) is 36.5 Å². The van der Waals surface area contributed by atoms with Gasteiger partial charge >= 0.3 is 5.97 Å². The molecule has 3 unspecified atom stereocenters. The third-order valence-electron chi connectivity index (χ3n) is 12.0. The molecule has 6 heteroatoms. The minimum absolute atomic E-state index is 0.0583. The van der Waals surface area contributed by atoms with Crippen molar-refractivity contribution in [3.63, 3.8) is 0 Å². The van der Waals surface area contributed by atoms with E-state index >= 15 is 0 Å². The largest absolute Gasteiger partial charge is 0.462 e. The van der Waals surface area contributed by atoms with Crippen LogP contribution >= 0.6 is 0 Å². The summed E-state index contributed by atoms with van der Waals surface area (Å²) in [6.45, 7) is 6.36. The van der Waals surface area contributed by atoms with Crippen LogP contribution in [0.5, 0.6) is 0 Å². The van der Waals surface area contributed by atoms with Crippen molar-refractivity contribution in [2.45, 2.75) is 289 Å². The zero-order valence-electron chi connectivity index (χ0n) is 40.1. The van der Waals surface area contributed by atoms with Crippen LogP contribution in [0.4, 0.5) is 0 Å². The van der Waals surface area contributed by atoms with Gasteiger partial charge < -0.3 is 20.3 Å². The van der Waals surface area contributed by atoms with Gasteiger partial charge in [0, 0.05) is 6.42 Å². The lowest BCUT2D eigenvalue weighted by molar-refractivity contribution is -0.151. The van der Waals surface area contributed by atoms with Gasteiger partial charge in [-0.15, -0.1) is 0 Å². The average molecular weight is 844 g/mol. The average Bonchev–Trinajstić information content (AvgIpc) is 3.24. The van der Waals surface area contributed by atoms with E-state index in [0.29, 0.717) is 19.3 Å². The quantitative estimate of drug-likeness (QED) is 0.0322. The Balaban J connectivity index is 4.50. The summed E-state index contributed by atoms with van der Waals surface area (Å²) < 4.78 is 5.91. The van der Waals surface area contributed by atoms with Crippen molar-refractivity contribution in [1.82, 2.24) is 5.32 Å². The summed E-state index contributed by atoms with van der Waals surface area (Å²) in [6, 6.07) is -0.709. The van der Waals surface area contributed by atoms with E-state index in [0.717, 1.165) is 70.6 Å². The molecule has 3 atom stereocenters. The van der Waals surface area contributed by atoms with E-state index < -0.39 is 18.2 Å². The van der Waals surface area contributed by atoms with Crippen LogP contribution < -0.4 is 5.32 Å². The summed E-state index contributed by atoms with van der Waals surface area (Å²) in [6.07, 6.45) is 56.4. The molecule has 6 nitrogen and oxygen atoms in total. The van der Waals surface area contributed by atoms with E-state index in [-0.39, 0.29) is 24.9 Å². The molecule has 0 rings (SSSR count). The second-order valence-electron chi connectivity index (χ2n) is 18.0. The van der Waals surface area contributed by atoms with Crippen molar-refractivity contribution in [3.8, 4) is 0 Å². The highest BCUT2D eigenvalue weighted by atomic mass is 16.5. The third kappa shape index (κ3) is 42.8. The van der Waals surface area contributed by atoms with Gasteiger partial charge in [-0.25, -0.2) is 0 Å². The predicted molar refractivity (Wildman–Crippen MR) is 259 cm³/mol. The molecule has 0 spiro atoms. The predicted octanol–water partition coefficient (Wildman–Crippen LogP) is 15.7. The Hall–Kier alpha value is -1.92. The first kappa shape index (κ1) is 58.1. The number of esters is 1. The van der Waals surface area contributed by atoms with E-state index in [9.17, 15) is 19.8 Å². The first-order chi connectivity index (χ1) is 29.5. The Bertz CT molecular complexity index is 993. The zero-order valence-corrected chi connectivity index (χ0v) is 40.1. The summed E-state index contributed by atoms with van der Waals surface area (Å²) in [5.41, 5.74) is 0. The number of hydrogen-bond acceptors (Lipinski definition) is 5. The molecule has 0 aliphatic rings. The van der Waals surface area contributed by atoms with E-state index in [2.05, 4.69) is 56.5 Å². The number of rotatable bonds is 47. The first-order valence-electron chi connectivity index (χ1n) is 26.2. The minimum atomic E-state index is -0.794. The number of amides is 1. The fourth-order valence-corrected chi connectivity index (χ4v) is 8.08. The molecule has 3 N–H and O–H groups in total. The fourth-order valence-electron chi connectivity index (χ4n) is 8.08. The van der Waals surface area contributed by atoms with Gasteiger partial charge in [-0.3, -0.25) is 9.59 Å². The molecule has 0 aromatic carbocycles. The number of allylic oxidation sites excluding steroid dienone is 6. The molecule has 0 saturated heterocycles. The van der Waals surface area contributed by atoms with Gasteiger partial charge in [0.1, 0.15) is 6.10 Å². The Morgan fingerprint density at radius 1 is 0.500 bits per heavy atom.